The van der Waals surface area contributed by atoms with Gasteiger partial charge in [-0.3, -0.25) is 9.88 Å². The molecule has 0 unspecified atom stereocenters. The number of rotatable bonds is 4. The number of likely N-dealkylation sites (N-methyl/N-ethyl adjacent to an activating group) is 1. The molecule has 0 aliphatic rings. The number of fused-ring (bicyclic) bond motifs is 1. The van der Waals surface area contributed by atoms with E-state index in [9.17, 15) is 0 Å². The maximum Gasteiger partial charge on any atom is 0.0705 e. The van der Waals surface area contributed by atoms with Crippen molar-refractivity contribution in [1.82, 2.24) is 9.88 Å². The van der Waals surface area contributed by atoms with Crippen molar-refractivity contribution in [2.24, 2.45) is 5.41 Å². The molecule has 0 radical (unpaired) electrons. The zero-order valence-corrected chi connectivity index (χ0v) is 13.9. The molecule has 1 heterocycles. The SMILES string of the molecule is CN(C/C=C/C#CC(C)(C)C)Cc1cccc2ncccc12. The quantitative estimate of drug-likeness (QED) is 0.782. The molecule has 0 N–H and O–H groups in total. The van der Waals surface area contributed by atoms with Crippen LogP contribution in [0.2, 0.25) is 0 Å². The van der Waals surface area contributed by atoms with Gasteiger partial charge < -0.3 is 0 Å². The Labute approximate surface area is 133 Å². The molecule has 1 aromatic carbocycles. The van der Waals surface area contributed by atoms with Gasteiger partial charge in [0, 0.05) is 30.1 Å². The van der Waals surface area contributed by atoms with Crippen LogP contribution in [0, 0.1) is 17.3 Å². The lowest BCUT2D eigenvalue weighted by molar-refractivity contribution is 0.365. The predicted molar refractivity (Wildman–Crippen MR) is 94.4 cm³/mol. The molecule has 2 rings (SSSR count). The zero-order valence-electron chi connectivity index (χ0n) is 13.9. The number of hydrogen-bond acceptors (Lipinski definition) is 2. The summed E-state index contributed by atoms with van der Waals surface area (Å²) in [6, 6.07) is 10.4. The highest BCUT2D eigenvalue weighted by Crippen LogP contribution is 2.17. The summed E-state index contributed by atoms with van der Waals surface area (Å²) >= 11 is 0. The van der Waals surface area contributed by atoms with Crippen LogP contribution in [0.5, 0.6) is 0 Å². The fraction of sp³-hybridized carbons (Fsp3) is 0.350. The van der Waals surface area contributed by atoms with E-state index in [4.69, 9.17) is 0 Å². The lowest BCUT2D eigenvalue weighted by Gasteiger charge is -2.15. The first kappa shape index (κ1) is 16.3. The van der Waals surface area contributed by atoms with Crippen LogP contribution < -0.4 is 0 Å². The third-order valence-electron chi connectivity index (χ3n) is 3.24. The van der Waals surface area contributed by atoms with Crippen LogP contribution in [0.3, 0.4) is 0 Å². The van der Waals surface area contributed by atoms with Crippen molar-refractivity contribution in [3.63, 3.8) is 0 Å². The molecule has 2 heteroatoms. The summed E-state index contributed by atoms with van der Waals surface area (Å²) < 4.78 is 0. The van der Waals surface area contributed by atoms with Gasteiger partial charge in [0.25, 0.3) is 0 Å². The maximum atomic E-state index is 4.41. The fourth-order valence-electron chi connectivity index (χ4n) is 2.21. The van der Waals surface area contributed by atoms with Crippen LogP contribution in [0.15, 0.2) is 48.7 Å². The molecule has 22 heavy (non-hydrogen) atoms. The smallest absolute Gasteiger partial charge is 0.0705 e. The van der Waals surface area contributed by atoms with Gasteiger partial charge in [-0.1, -0.05) is 36.1 Å². The van der Waals surface area contributed by atoms with Crippen molar-refractivity contribution >= 4 is 10.9 Å². The Morgan fingerprint density at radius 3 is 2.77 bits per heavy atom. The summed E-state index contributed by atoms with van der Waals surface area (Å²) in [6.45, 7) is 8.15. The van der Waals surface area contributed by atoms with Crippen molar-refractivity contribution in [2.45, 2.75) is 27.3 Å². The van der Waals surface area contributed by atoms with E-state index in [-0.39, 0.29) is 5.41 Å². The highest BCUT2D eigenvalue weighted by molar-refractivity contribution is 5.81. The molecule has 0 atom stereocenters. The molecule has 2 nitrogen and oxygen atoms in total. The van der Waals surface area contributed by atoms with E-state index in [0.29, 0.717) is 0 Å². The van der Waals surface area contributed by atoms with E-state index in [1.807, 2.05) is 18.3 Å². The third-order valence-corrected chi connectivity index (χ3v) is 3.24. The van der Waals surface area contributed by atoms with Crippen molar-refractivity contribution < 1.29 is 0 Å². The molecular weight excluding hydrogens is 268 g/mol. The van der Waals surface area contributed by atoms with Crippen LogP contribution in [0.1, 0.15) is 26.3 Å². The number of benzene rings is 1. The second-order valence-electron chi connectivity index (χ2n) is 6.61. The van der Waals surface area contributed by atoms with Gasteiger partial charge in [-0.2, -0.15) is 0 Å². The molecule has 0 saturated carbocycles. The number of pyridine rings is 1. The Kier molecular flexibility index (Phi) is 5.35. The lowest BCUT2D eigenvalue weighted by atomic mass is 9.98. The molecule has 0 spiro atoms. The predicted octanol–water partition coefficient (Wildman–Crippen LogP) is 4.27. The van der Waals surface area contributed by atoms with E-state index in [2.05, 4.69) is 79.9 Å². The average Bonchev–Trinajstić information content (AvgIpc) is 2.46. The Hall–Kier alpha value is -2.11. The zero-order chi connectivity index (χ0) is 16.0. The van der Waals surface area contributed by atoms with Gasteiger partial charge >= 0.3 is 0 Å². The number of nitrogens with zero attached hydrogens (tertiary/aromatic N) is 2. The molecule has 0 fully saturated rings. The van der Waals surface area contributed by atoms with Gasteiger partial charge in [0.05, 0.1) is 5.52 Å². The van der Waals surface area contributed by atoms with Gasteiger partial charge in [0.15, 0.2) is 0 Å². The lowest BCUT2D eigenvalue weighted by Crippen LogP contribution is -2.17. The normalized spacial score (nSPS) is 11.9. The Morgan fingerprint density at radius 2 is 2.00 bits per heavy atom. The van der Waals surface area contributed by atoms with Crippen molar-refractivity contribution in [3.8, 4) is 11.8 Å². The first-order valence-corrected chi connectivity index (χ1v) is 7.64. The molecule has 0 bridgehead atoms. The highest BCUT2D eigenvalue weighted by atomic mass is 15.1. The largest absolute Gasteiger partial charge is 0.298 e. The molecule has 1 aromatic heterocycles. The molecule has 0 aliphatic heterocycles. The molecule has 0 amide bonds. The summed E-state index contributed by atoms with van der Waals surface area (Å²) in [6.07, 6.45) is 5.90. The second kappa shape index (κ2) is 7.24. The topological polar surface area (TPSA) is 16.1 Å². The fourth-order valence-corrected chi connectivity index (χ4v) is 2.21. The first-order chi connectivity index (χ1) is 10.5. The molecule has 114 valence electrons. The van der Waals surface area contributed by atoms with Gasteiger partial charge in [0.1, 0.15) is 0 Å². The van der Waals surface area contributed by atoms with E-state index in [1.54, 1.807) is 0 Å². The van der Waals surface area contributed by atoms with E-state index in [1.165, 1.54) is 10.9 Å². The Morgan fingerprint density at radius 1 is 1.18 bits per heavy atom. The number of allylic oxidation sites excluding steroid dienone is 1. The highest BCUT2D eigenvalue weighted by Gasteiger charge is 2.04. The third kappa shape index (κ3) is 5.02. The number of aromatic nitrogens is 1. The summed E-state index contributed by atoms with van der Waals surface area (Å²) in [5.74, 6) is 6.31. The van der Waals surface area contributed by atoms with E-state index < -0.39 is 0 Å². The molecular formula is C20H24N2. The standard InChI is InChI=1S/C20H24N2/c1-20(2,3)13-6-5-7-15-22(4)16-17-10-8-12-19-18(17)11-9-14-21-19/h5,7-12,14H,15-16H2,1-4H3/b7-5+. The first-order valence-electron chi connectivity index (χ1n) is 7.64. The van der Waals surface area contributed by atoms with Crippen LogP contribution in [-0.2, 0) is 6.54 Å². The van der Waals surface area contributed by atoms with Gasteiger partial charge in [0.2, 0.25) is 0 Å². The van der Waals surface area contributed by atoms with E-state index in [0.717, 1.165) is 18.6 Å². The van der Waals surface area contributed by atoms with Gasteiger partial charge in [-0.15, -0.1) is 0 Å². The summed E-state index contributed by atoms with van der Waals surface area (Å²) in [4.78, 5) is 6.68. The van der Waals surface area contributed by atoms with Crippen LogP contribution in [-0.4, -0.2) is 23.5 Å². The molecule has 0 aliphatic carbocycles. The summed E-state index contributed by atoms with van der Waals surface area (Å²) in [5, 5.41) is 1.23. The molecule has 2 aromatic rings. The minimum atomic E-state index is 0.0617. The van der Waals surface area contributed by atoms with Crippen molar-refractivity contribution in [2.75, 3.05) is 13.6 Å². The summed E-state index contributed by atoms with van der Waals surface area (Å²) in [5.41, 5.74) is 2.42. The van der Waals surface area contributed by atoms with Crippen LogP contribution in [0.4, 0.5) is 0 Å². The van der Waals surface area contributed by atoms with Crippen molar-refractivity contribution in [3.05, 3.63) is 54.2 Å². The van der Waals surface area contributed by atoms with E-state index >= 15 is 0 Å². The van der Waals surface area contributed by atoms with Crippen LogP contribution in [0.25, 0.3) is 10.9 Å². The van der Waals surface area contributed by atoms with Gasteiger partial charge in [-0.05, 0) is 51.6 Å². The van der Waals surface area contributed by atoms with Crippen molar-refractivity contribution in [1.29, 1.82) is 0 Å². The minimum absolute atomic E-state index is 0.0617. The number of hydrogen-bond donors (Lipinski definition) is 0. The maximum absolute atomic E-state index is 4.41. The monoisotopic (exact) mass is 292 g/mol. The Balaban J connectivity index is 1.98. The van der Waals surface area contributed by atoms with Crippen LogP contribution >= 0.6 is 0 Å². The molecule has 0 saturated heterocycles. The second-order valence-corrected chi connectivity index (χ2v) is 6.61. The average molecular weight is 292 g/mol. The minimum Gasteiger partial charge on any atom is -0.298 e. The van der Waals surface area contributed by atoms with Gasteiger partial charge in [-0.25, -0.2) is 0 Å². The Bertz CT molecular complexity index is 706. The summed E-state index contributed by atoms with van der Waals surface area (Å²) in [7, 11) is 2.12.